The number of halogens is 1. The summed E-state index contributed by atoms with van der Waals surface area (Å²) in [6.45, 7) is 1.64. The highest BCUT2D eigenvalue weighted by Gasteiger charge is 2.21. The molecular formula is C19H19ClN2O4. The Labute approximate surface area is 156 Å². The van der Waals surface area contributed by atoms with Crippen LogP contribution in [0.25, 0.3) is 0 Å². The van der Waals surface area contributed by atoms with E-state index in [9.17, 15) is 14.9 Å². The number of fused-ring (bicyclic) bond motifs is 1. The number of nitro benzene ring substituents is 1. The molecule has 0 fully saturated rings. The van der Waals surface area contributed by atoms with E-state index in [-0.39, 0.29) is 16.4 Å². The lowest BCUT2D eigenvalue weighted by Gasteiger charge is -2.22. The third kappa shape index (κ3) is 3.96. The molecule has 0 heterocycles. The molecule has 1 amide bonds. The second kappa shape index (κ2) is 7.74. The van der Waals surface area contributed by atoms with Gasteiger partial charge in [0.15, 0.2) is 6.10 Å². The second-order valence-electron chi connectivity index (χ2n) is 6.27. The summed E-state index contributed by atoms with van der Waals surface area (Å²) in [7, 11) is 0. The number of carbonyl (C=O) groups is 1. The van der Waals surface area contributed by atoms with Crippen molar-refractivity contribution in [2.24, 2.45) is 0 Å². The Kier molecular flexibility index (Phi) is 5.42. The number of anilines is 1. The van der Waals surface area contributed by atoms with E-state index in [1.807, 2.05) is 12.1 Å². The van der Waals surface area contributed by atoms with Crippen LogP contribution in [0.5, 0.6) is 5.75 Å². The molecule has 0 radical (unpaired) electrons. The average Bonchev–Trinajstić information content (AvgIpc) is 2.63. The highest BCUT2D eigenvalue weighted by atomic mass is 35.5. The minimum absolute atomic E-state index is 0.143. The lowest BCUT2D eigenvalue weighted by atomic mass is 9.91. The van der Waals surface area contributed by atoms with Crippen molar-refractivity contribution in [3.63, 3.8) is 0 Å². The molecule has 0 saturated heterocycles. The molecule has 0 saturated carbocycles. The van der Waals surface area contributed by atoms with Crippen LogP contribution in [0.4, 0.5) is 11.4 Å². The molecule has 1 aliphatic carbocycles. The Morgan fingerprint density at radius 2 is 2.04 bits per heavy atom. The molecule has 1 aliphatic rings. The van der Waals surface area contributed by atoms with Gasteiger partial charge in [-0.05, 0) is 55.9 Å². The monoisotopic (exact) mass is 374 g/mol. The van der Waals surface area contributed by atoms with E-state index in [0.29, 0.717) is 0 Å². The van der Waals surface area contributed by atoms with E-state index in [4.69, 9.17) is 16.3 Å². The molecule has 0 spiro atoms. The van der Waals surface area contributed by atoms with Crippen LogP contribution in [0, 0.1) is 10.1 Å². The van der Waals surface area contributed by atoms with Gasteiger partial charge >= 0.3 is 0 Å². The summed E-state index contributed by atoms with van der Waals surface area (Å²) >= 11 is 6.03. The van der Waals surface area contributed by atoms with Gasteiger partial charge in [0.1, 0.15) is 5.75 Å². The largest absolute Gasteiger partial charge is 0.481 e. The van der Waals surface area contributed by atoms with Gasteiger partial charge in [-0.3, -0.25) is 14.9 Å². The number of nitro groups is 1. The van der Waals surface area contributed by atoms with Crippen molar-refractivity contribution in [2.75, 3.05) is 5.32 Å². The topological polar surface area (TPSA) is 81.5 Å². The highest BCUT2D eigenvalue weighted by molar-refractivity contribution is 6.33. The first-order chi connectivity index (χ1) is 12.5. The van der Waals surface area contributed by atoms with Crippen molar-refractivity contribution in [3.8, 4) is 5.75 Å². The molecule has 0 aromatic heterocycles. The fourth-order valence-corrected chi connectivity index (χ4v) is 3.22. The molecule has 1 N–H and O–H groups in total. The maximum Gasteiger partial charge on any atom is 0.271 e. The van der Waals surface area contributed by atoms with E-state index < -0.39 is 16.9 Å². The smallest absolute Gasteiger partial charge is 0.271 e. The molecular weight excluding hydrogens is 356 g/mol. The highest BCUT2D eigenvalue weighted by Crippen LogP contribution is 2.31. The predicted octanol–water partition coefficient (Wildman–Crippen LogP) is 4.53. The Morgan fingerprint density at radius 3 is 2.81 bits per heavy atom. The first kappa shape index (κ1) is 18.2. The molecule has 3 rings (SSSR count). The number of ether oxygens (including phenoxy) is 1. The first-order valence-electron chi connectivity index (χ1n) is 8.48. The van der Waals surface area contributed by atoms with Crippen LogP contribution in [-0.4, -0.2) is 16.9 Å². The van der Waals surface area contributed by atoms with E-state index in [2.05, 4.69) is 11.4 Å². The van der Waals surface area contributed by atoms with Crippen LogP contribution in [0.15, 0.2) is 36.4 Å². The SMILES string of the molecule is CC(Oc1cccc2c1CCCC2)C(=O)Nc1cc([N+](=O)[O-])ccc1Cl. The molecule has 7 heteroatoms. The number of aryl methyl sites for hydroxylation is 1. The number of amides is 1. The van der Waals surface area contributed by atoms with Gasteiger partial charge in [-0.15, -0.1) is 0 Å². The number of non-ortho nitro benzene ring substituents is 1. The minimum atomic E-state index is -0.765. The summed E-state index contributed by atoms with van der Waals surface area (Å²) < 4.78 is 5.88. The molecule has 1 unspecified atom stereocenters. The van der Waals surface area contributed by atoms with Crippen molar-refractivity contribution in [2.45, 2.75) is 38.7 Å². The maximum atomic E-state index is 12.5. The zero-order chi connectivity index (χ0) is 18.7. The predicted molar refractivity (Wildman–Crippen MR) is 99.9 cm³/mol. The number of carbonyl (C=O) groups excluding carboxylic acids is 1. The quantitative estimate of drug-likeness (QED) is 0.615. The van der Waals surface area contributed by atoms with E-state index in [1.165, 1.54) is 23.8 Å². The van der Waals surface area contributed by atoms with Gasteiger partial charge in [0.2, 0.25) is 0 Å². The number of nitrogens with one attached hydrogen (secondary N) is 1. The van der Waals surface area contributed by atoms with Crippen LogP contribution in [0.2, 0.25) is 5.02 Å². The summed E-state index contributed by atoms with van der Waals surface area (Å²) in [4.78, 5) is 22.8. The van der Waals surface area contributed by atoms with Crippen molar-refractivity contribution < 1.29 is 14.5 Å². The fourth-order valence-electron chi connectivity index (χ4n) is 3.06. The normalized spacial score (nSPS) is 14.2. The van der Waals surface area contributed by atoms with Gasteiger partial charge in [0, 0.05) is 12.1 Å². The fraction of sp³-hybridized carbons (Fsp3) is 0.316. The lowest BCUT2D eigenvalue weighted by Crippen LogP contribution is -2.30. The summed E-state index contributed by atoms with van der Waals surface area (Å²) in [5, 5.41) is 13.7. The summed E-state index contributed by atoms with van der Waals surface area (Å²) in [5.74, 6) is 0.302. The molecule has 6 nitrogen and oxygen atoms in total. The van der Waals surface area contributed by atoms with Gasteiger partial charge in [-0.1, -0.05) is 23.7 Å². The Bertz CT molecular complexity index is 853. The molecule has 136 valence electrons. The van der Waals surface area contributed by atoms with Crippen molar-refractivity contribution >= 4 is 28.9 Å². The summed E-state index contributed by atoms with van der Waals surface area (Å²) in [6.07, 6.45) is 3.47. The zero-order valence-electron chi connectivity index (χ0n) is 14.3. The number of nitrogens with zero attached hydrogens (tertiary/aromatic N) is 1. The van der Waals surface area contributed by atoms with Crippen molar-refractivity contribution in [1.29, 1.82) is 0 Å². The maximum absolute atomic E-state index is 12.5. The summed E-state index contributed by atoms with van der Waals surface area (Å²) in [5.41, 5.74) is 2.47. The van der Waals surface area contributed by atoms with Crippen LogP contribution in [0.1, 0.15) is 30.9 Å². The van der Waals surface area contributed by atoms with Crippen molar-refractivity contribution in [1.82, 2.24) is 0 Å². The standard InChI is InChI=1S/C19H19ClN2O4/c1-12(26-18-8-4-6-13-5-2-3-7-15(13)18)19(23)21-17-11-14(22(24)25)9-10-16(17)20/h4,6,8-12H,2-3,5,7H2,1H3,(H,21,23). The minimum Gasteiger partial charge on any atom is -0.481 e. The van der Waals surface area contributed by atoms with E-state index in [1.54, 1.807) is 6.92 Å². The number of rotatable bonds is 5. The van der Waals surface area contributed by atoms with E-state index >= 15 is 0 Å². The van der Waals surface area contributed by atoms with Crippen LogP contribution >= 0.6 is 11.6 Å². The van der Waals surface area contributed by atoms with Crippen molar-refractivity contribution in [3.05, 3.63) is 62.7 Å². The van der Waals surface area contributed by atoms with Gasteiger partial charge < -0.3 is 10.1 Å². The van der Waals surface area contributed by atoms with Crippen LogP contribution in [0.3, 0.4) is 0 Å². The Balaban J connectivity index is 1.73. The third-order valence-corrected chi connectivity index (χ3v) is 4.77. The first-order valence-corrected chi connectivity index (χ1v) is 8.85. The molecule has 2 aromatic rings. The number of benzene rings is 2. The van der Waals surface area contributed by atoms with Crippen LogP contribution < -0.4 is 10.1 Å². The molecule has 2 aromatic carbocycles. The number of hydrogen-bond acceptors (Lipinski definition) is 4. The molecule has 0 bridgehead atoms. The van der Waals surface area contributed by atoms with Gasteiger partial charge in [-0.2, -0.15) is 0 Å². The molecule has 0 aliphatic heterocycles. The lowest BCUT2D eigenvalue weighted by molar-refractivity contribution is -0.384. The molecule has 26 heavy (non-hydrogen) atoms. The van der Waals surface area contributed by atoms with Gasteiger partial charge in [0.25, 0.3) is 11.6 Å². The van der Waals surface area contributed by atoms with Gasteiger partial charge in [-0.25, -0.2) is 0 Å². The Hall–Kier alpha value is -2.60. The average molecular weight is 375 g/mol. The molecule has 1 atom stereocenters. The third-order valence-electron chi connectivity index (χ3n) is 4.44. The summed E-state index contributed by atoms with van der Waals surface area (Å²) in [6, 6.07) is 9.80. The second-order valence-corrected chi connectivity index (χ2v) is 6.68. The zero-order valence-corrected chi connectivity index (χ0v) is 15.1. The van der Waals surface area contributed by atoms with Gasteiger partial charge in [0.05, 0.1) is 15.6 Å². The number of hydrogen-bond donors (Lipinski definition) is 1. The van der Waals surface area contributed by atoms with E-state index in [0.717, 1.165) is 37.0 Å². The Morgan fingerprint density at radius 1 is 1.27 bits per heavy atom. The van der Waals surface area contributed by atoms with Crippen LogP contribution in [-0.2, 0) is 17.6 Å².